The molecular weight excluding hydrogens is 1020 g/mol. The topological polar surface area (TPSA) is 80.4 Å². The van der Waals surface area contributed by atoms with Crippen LogP contribution in [-0.4, -0.2) is 18.3 Å². The molecule has 0 saturated carbocycles. The van der Waals surface area contributed by atoms with Crippen LogP contribution in [0.25, 0.3) is 163 Å². The van der Waals surface area contributed by atoms with Crippen LogP contribution in [0.4, 0.5) is 0 Å². The van der Waals surface area contributed by atoms with Crippen LogP contribution in [-0.2, 0) is 0 Å². The van der Waals surface area contributed by atoms with Crippen molar-refractivity contribution in [3.63, 3.8) is 0 Å². The van der Waals surface area contributed by atoms with Gasteiger partial charge < -0.3 is 22.7 Å². The third-order valence-electron chi connectivity index (χ3n) is 17.2. The van der Waals surface area contributed by atoms with E-state index in [2.05, 4.69) is 261 Å². The van der Waals surface area contributed by atoms with Crippen LogP contribution in [0.3, 0.4) is 0 Å². The Morgan fingerprint density at radius 2 is 0.659 bits per heavy atom. The number of para-hydroxylation sites is 7. The fourth-order valence-electron chi connectivity index (χ4n) is 14.1. The summed E-state index contributed by atoms with van der Waals surface area (Å²) >= 11 is 1.81. The van der Waals surface area contributed by atoms with E-state index in [9.17, 15) is 10.5 Å². The maximum Gasteiger partial charge on any atom is 0.160 e. The molecule has 0 saturated heterocycles. The molecule has 0 unspecified atom stereocenters. The molecule has 7 nitrogen and oxygen atoms in total. The average Bonchev–Trinajstić information content (AvgIpc) is 2.49. The highest BCUT2D eigenvalue weighted by Gasteiger charge is 2.35. The first kappa shape index (κ1) is 44.8. The SMILES string of the molecule is N#Cc1c(-n2c3ccccc3c3ccccc32)c(-n2c3ccccc3c3ccccc32)c(C#N)c(-n2c3cccc(-c4cccc5sc6ccccc6c45)c3c3ccc4c5ccccc5oc4c32)c1-n1c2ccccc2c2ccccc21. The number of thiophene rings is 1. The summed E-state index contributed by atoms with van der Waals surface area (Å²) in [5.74, 6) is 0. The largest absolute Gasteiger partial charge is 0.454 e. The highest BCUT2D eigenvalue weighted by atomic mass is 32.1. The molecule has 0 amide bonds. The Balaban J connectivity index is 1.15. The molecule has 0 spiro atoms. The highest BCUT2D eigenvalue weighted by Crippen LogP contribution is 2.52. The third kappa shape index (κ3) is 5.79. The van der Waals surface area contributed by atoms with Gasteiger partial charge >= 0.3 is 0 Å². The number of benzene rings is 12. The van der Waals surface area contributed by atoms with E-state index in [-0.39, 0.29) is 0 Å². The second-order valence-corrected chi connectivity index (χ2v) is 22.3. The minimum atomic E-state index is 0.377. The Hall–Kier alpha value is -11.2. The summed E-state index contributed by atoms with van der Waals surface area (Å²) in [4.78, 5) is 0. The molecule has 6 aromatic heterocycles. The van der Waals surface area contributed by atoms with Gasteiger partial charge in [0.1, 0.15) is 28.8 Å². The summed E-state index contributed by atoms with van der Waals surface area (Å²) in [5, 5.41) is 38.3. The van der Waals surface area contributed by atoms with Crippen molar-refractivity contribution in [2.24, 2.45) is 0 Å². The Bertz CT molecular complexity index is 5780. The Morgan fingerprint density at radius 1 is 0.293 bits per heavy atom. The number of hydrogen-bond acceptors (Lipinski definition) is 4. The number of furan rings is 1. The van der Waals surface area contributed by atoms with Crippen LogP contribution in [0, 0.1) is 22.7 Å². The second-order valence-electron chi connectivity index (χ2n) is 21.2. The van der Waals surface area contributed by atoms with E-state index in [4.69, 9.17) is 4.42 Å². The van der Waals surface area contributed by atoms with E-state index in [1.54, 1.807) is 11.3 Å². The lowest BCUT2D eigenvalue weighted by Crippen LogP contribution is -2.16. The van der Waals surface area contributed by atoms with E-state index in [1.807, 2.05) is 12.1 Å². The molecule has 18 aromatic rings. The van der Waals surface area contributed by atoms with E-state index >= 15 is 0 Å². The van der Waals surface area contributed by atoms with E-state index < -0.39 is 0 Å². The predicted molar refractivity (Wildman–Crippen MR) is 339 cm³/mol. The van der Waals surface area contributed by atoms with Crippen molar-refractivity contribution in [2.75, 3.05) is 0 Å². The molecule has 82 heavy (non-hydrogen) atoms. The van der Waals surface area contributed by atoms with Crippen LogP contribution in [0.5, 0.6) is 0 Å². The van der Waals surface area contributed by atoms with Crippen molar-refractivity contribution in [3.8, 4) is 46.0 Å². The second kappa shape index (κ2) is 16.7. The zero-order chi connectivity index (χ0) is 53.9. The van der Waals surface area contributed by atoms with Crippen LogP contribution >= 0.6 is 11.3 Å². The molecule has 18 rings (SSSR count). The van der Waals surface area contributed by atoms with Crippen LogP contribution < -0.4 is 0 Å². The maximum absolute atomic E-state index is 13.0. The quantitative estimate of drug-likeness (QED) is 0.172. The van der Waals surface area contributed by atoms with E-state index in [1.165, 1.54) is 20.2 Å². The summed E-state index contributed by atoms with van der Waals surface area (Å²) in [7, 11) is 0. The number of fused-ring (bicyclic) bond motifs is 19. The van der Waals surface area contributed by atoms with E-state index in [0.29, 0.717) is 39.5 Å². The molecule has 0 aliphatic carbocycles. The summed E-state index contributed by atoms with van der Waals surface area (Å²) in [6, 6.07) is 91.1. The number of hydrogen-bond donors (Lipinski definition) is 0. The van der Waals surface area contributed by atoms with Gasteiger partial charge in [-0.15, -0.1) is 11.3 Å². The predicted octanol–water partition coefficient (Wildman–Crippen LogP) is 19.8. The van der Waals surface area contributed by atoms with Crippen molar-refractivity contribution in [1.82, 2.24) is 18.3 Å². The molecule has 378 valence electrons. The Morgan fingerprint density at radius 3 is 1.15 bits per heavy atom. The van der Waals surface area contributed by atoms with Crippen LogP contribution in [0.15, 0.2) is 247 Å². The molecule has 8 heteroatoms. The van der Waals surface area contributed by atoms with Gasteiger partial charge in [0.25, 0.3) is 0 Å². The zero-order valence-electron chi connectivity index (χ0n) is 43.6. The molecule has 6 heterocycles. The highest BCUT2D eigenvalue weighted by molar-refractivity contribution is 7.26. The van der Waals surface area contributed by atoms with Crippen LogP contribution in [0.2, 0.25) is 0 Å². The van der Waals surface area contributed by atoms with Gasteiger partial charge in [-0.25, -0.2) is 0 Å². The molecule has 0 aliphatic rings. The van der Waals surface area contributed by atoms with Gasteiger partial charge in [0.05, 0.1) is 66.9 Å². The molecule has 0 radical (unpaired) electrons. The lowest BCUT2D eigenvalue weighted by molar-refractivity contribution is 0.671. The number of nitriles is 2. The first-order chi connectivity index (χ1) is 40.7. The molecule has 0 atom stereocenters. The minimum absolute atomic E-state index is 0.377. The van der Waals surface area contributed by atoms with Gasteiger partial charge in [-0.1, -0.05) is 176 Å². The summed E-state index contributed by atoms with van der Waals surface area (Å²) in [5.41, 5.74) is 13.7. The van der Waals surface area contributed by atoms with Crippen molar-refractivity contribution in [2.45, 2.75) is 0 Å². The number of rotatable bonds is 5. The van der Waals surface area contributed by atoms with Gasteiger partial charge in [-0.05, 0) is 77.9 Å². The minimum Gasteiger partial charge on any atom is -0.454 e. The standard InChI is InChI=1S/C74H40N6OS/c75-41-55-69(77-57-29-9-1-19-43(57)44-20-2-10-30-58(44)77)70(78-59-31-11-3-21-45(59)46-22-4-12-32-60(46)78)56(42-76)72(71(55)79-61-33-13-5-23-47(61)48-24-6-14-34-62(48)79)80-63-35-17-27-50(51-28-18-38-66-68(51)53-26-8-16-37-65(53)82-66)67(63)54-40-39-52-49-25-7-15-36-64(49)81-74(52)73(54)80/h1-40H. The van der Waals surface area contributed by atoms with Crippen LogP contribution in [0.1, 0.15) is 11.1 Å². The van der Waals surface area contributed by atoms with E-state index in [0.717, 1.165) is 115 Å². The van der Waals surface area contributed by atoms with Gasteiger partial charge in [0.15, 0.2) is 5.58 Å². The van der Waals surface area contributed by atoms with Gasteiger partial charge in [-0.3, -0.25) is 0 Å². The molecule has 0 fully saturated rings. The number of nitrogens with zero attached hydrogens (tertiary/aromatic N) is 6. The van der Waals surface area contributed by atoms with Gasteiger partial charge in [0, 0.05) is 74.0 Å². The average molecular weight is 1060 g/mol. The third-order valence-corrected chi connectivity index (χ3v) is 18.4. The number of aromatic nitrogens is 4. The first-order valence-corrected chi connectivity index (χ1v) is 28.3. The summed E-state index contributed by atoms with van der Waals surface area (Å²) in [6.07, 6.45) is 0. The molecule has 0 N–H and O–H groups in total. The monoisotopic (exact) mass is 1060 g/mol. The lowest BCUT2D eigenvalue weighted by Gasteiger charge is -2.27. The molecular formula is C74H40N6OS. The fourth-order valence-corrected chi connectivity index (χ4v) is 15.2. The summed E-state index contributed by atoms with van der Waals surface area (Å²) in [6.45, 7) is 0. The van der Waals surface area contributed by atoms with Crippen molar-refractivity contribution < 1.29 is 4.42 Å². The first-order valence-electron chi connectivity index (χ1n) is 27.5. The van der Waals surface area contributed by atoms with Gasteiger partial charge in [-0.2, -0.15) is 10.5 Å². The molecule has 0 aliphatic heterocycles. The fraction of sp³-hybridized carbons (Fsp3) is 0. The van der Waals surface area contributed by atoms with Gasteiger partial charge in [0.2, 0.25) is 0 Å². The molecule has 12 aromatic carbocycles. The summed E-state index contributed by atoms with van der Waals surface area (Å²) < 4.78 is 18.7. The normalized spacial score (nSPS) is 12.1. The van der Waals surface area contributed by atoms with Crippen molar-refractivity contribution in [3.05, 3.63) is 254 Å². The maximum atomic E-state index is 13.0. The van der Waals surface area contributed by atoms with Crippen molar-refractivity contribution >= 4 is 141 Å². The lowest BCUT2D eigenvalue weighted by atomic mass is 9.95. The zero-order valence-corrected chi connectivity index (χ0v) is 44.4. The van der Waals surface area contributed by atoms with Crippen molar-refractivity contribution in [1.29, 1.82) is 10.5 Å². The smallest absolute Gasteiger partial charge is 0.160 e. The Labute approximate surface area is 471 Å². The Kier molecular flexibility index (Phi) is 9.11. The molecule has 0 bridgehead atoms.